The molecule has 1 aromatic heterocycles. The number of rotatable bonds is 3. The molecule has 0 N–H and O–H groups in total. The van der Waals surface area contributed by atoms with Gasteiger partial charge in [0.25, 0.3) is 0 Å². The molecule has 0 fully saturated rings. The SMILES string of the molecule is CC(=CCCBr)c1c(Br)cnn1C. The van der Waals surface area contributed by atoms with Gasteiger partial charge in [0.1, 0.15) is 0 Å². The fraction of sp³-hybridized carbons (Fsp3) is 0.444. The van der Waals surface area contributed by atoms with Crippen molar-refractivity contribution in [2.45, 2.75) is 13.3 Å². The summed E-state index contributed by atoms with van der Waals surface area (Å²) in [6.45, 7) is 2.10. The third kappa shape index (κ3) is 2.68. The molecule has 0 atom stereocenters. The van der Waals surface area contributed by atoms with Gasteiger partial charge in [0.05, 0.1) is 16.4 Å². The zero-order valence-electron chi connectivity index (χ0n) is 7.72. The minimum Gasteiger partial charge on any atom is -0.267 e. The number of halogens is 2. The molecule has 0 saturated carbocycles. The Morgan fingerprint density at radius 2 is 2.38 bits per heavy atom. The minimum atomic E-state index is 1.000. The summed E-state index contributed by atoms with van der Waals surface area (Å²) >= 11 is 6.87. The number of hydrogen-bond donors (Lipinski definition) is 0. The first-order valence-corrected chi connectivity index (χ1v) is 5.99. The van der Waals surface area contributed by atoms with E-state index in [0.717, 1.165) is 21.9 Å². The van der Waals surface area contributed by atoms with E-state index in [0.29, 0.717) is 0 Å². The molecule has 0 aliphatic rings. The lowest BCUT2D eigenvalue weighted by atomic mass is 10.2. The Morgan fingerprint density at radius 1 is 1.69 bits per heavy atom. The zero-order valence-corrected chi connectivity index (χ0v) is 10.9. The van der Waals surface area contributed by atoms with Crippen molar-refractivity contribution in [1.29, 1.82) is 0 Å². The van der Waals surface area contributed by atoms with E-state index in [4.69, 9.17) is 0 Å². The van der Waals surface area contributed by atoms with Crippen LogP contribution >= 0.6 is 31.9 Å². The standard InChI is InChI=1S/C9H12Br2N2/c1-7(4-3-5-10)9-8(11)6-12-13(9)2/h4,6H,3,5H2,1-2H3. The van der Waals surface area contributed by atoms with Crippen molar-refractivity contribution in [3.05, 3.63) is 22.4 Å². The molecule has 13 heavy (non-hydrogen) atoms. The fourth-order valence-corrected chi connectivity index (χ4v) is 2.11. The quantitative estimate of drug-likeness (QED) is 0.783. The normalized spacial score (nSPS) is 12.2. The predicted molar refractivity (Wildman–Crippen MR) is 63.0 cm³/mol. The van der Waals surface area contributed by atoms with Gasteiger partial charge in [-0.05, 0) is 34.8 Å². The Kier molecular flexibility index (Phi) is 4.19. The van der Waals surface area contributed by atoms with E-state index in [2.05, 4.69) is 50.0 Å². The zero-order chi connectivity index (χ0) is 9.84. The van der Waals surface area contributed by atoms with Crippen molar-refractivity contribution in [2.75, 3.05) is 5.33 Å². The molecule has 1 aromatic rings. The molecule has 1 rings (SSSR count). The molecule has 0 amide bonds. The largest absolute Gasteiger partial charge is 0.267 e. The Morgan fingerprint density at radius 3 is 2.85 bits per heavy atom. The van der Waals surface area contributed by atoms with Crippen LogP contribution in [0, 0.1) is 0 Å². The topological polar surface area (TPSA) is 17.8 Å². The van der Waals surface area contributed by atoms with Gasteiger partial charge in [0.2, 0.25) is 0 Å². The van der Waals surface area contributed by atoms with Crippen LogP contribution in [0.15, 0.2) is 16.7 Å². The third-order valence-electron chi connectivity index (χ3n) is 1.83. The number of allylic oxidation sites excluding steroid dienone is 2. The maximum atomic E-state index is 4.16. The highest BCUT2D eigenvalue weighted by Crippen LogP contribution is 2.23. The molecule has 0 unspecified atom stereocenters. The molecule has 0 saturated heterocycles. The lowest BCUT2D eigenvalue weighted by molar-refractivity contribution is 0.755. The lowest BCUT2D eigenvalue weighted by Gasteiger charge is -2.02. The van der Waals surface area contributed by atoms with E-state index in [-0.39, 0.29) is 0 Å². The van der Waals surface area contributed by atoms with Crippen LogP contribution < -0.4 is 0 Å². The number of aryl methyl sites for hydroxylation is 1. The third-order valence-corrected chi connectivity index (χ3v) is 2.87. The fourth-order valence-electron chi connectivity index (χ4n) is 1.22. The minimum absolute atomic E-state index is 1.000. The predicted octanol–water partition coefficient (Wildman–Crippen LogP) is 3.37. The molecule has 72 valence electrons. The van der Waals surface area contributed by atoms with Gasteiger partial charge in [-0.1, -0.05) is 22.0 Å². The lowest BCUT2D eigenvalue weighted by Crippen LogP contribution is -1.96. The molecule has 0 radical (unpaired) electrons. The van der Waals surface area contributed by atoms with Gasteiger partial charge in [0.15, 0.2) is 0 Å². The maximum absolute atomic E-state index is 4.16. The average Bonchev–Trinajstić information content (AvgIpc) is 2.42. The number of nitrogens with zero attached hydrogens (tertiary/aromatic N) is 2. The highest BCUT2D eigenvalue weighted by atomic mass is 79.9. The molecule has 0 aromatic carbocycles. The average molecular weight is 308 g/mol. The highest BCUT2D eigenvalue weighted by molar-refractivity contribution is 9.10. The number of alkyl halides is 1. The summed E-state index contributed by atoms with van der Waals surface area (Å²) in [5.74, 6) is 0. The highest BCUT2D eigenvalue weighted by Gasteiger charge is 2.06. The summed E-state index contributed by atoms with van der Waals surface area (Å²) in [5.41, 5.74) is 2.41. The monoisotopic (exact) mass is 306 g/mol. The second kappa shape index (κ2) is 4.96. The van der Waals surface area contributed by atoms with Crippen molar-refractivity contribution in [3.8, 4) is 0 Å². The molecule has 0 aliphatic carbocycles. The Hall–Kier alpha value is -0.0900. The summed E-state index contributed by atoms with van der Waals surface area (Å²) < 4.78 is 2.93. The summed E-state index contributed by atoms with van der Waals surface area (Å²) in [6, 6.07) is 0. The van der Waals surface area contributed by atoms with Gasteiger partial charge in [-0.25, -0.2) is 0 Å². The van der Waals surface area contributed by atoms with Crippen molar-refractivity contribution in [2.24, 2.45) is 7.05 Å². The first kappa shape index (κ1) is 11.0. The molecule has 1 heterocycles. The molecular weight excluding hydrogens is 296 g/mol. The van der Waals surface area contributed by atoms with Gasteiger partial charge in [-0.2, -0.15) is 5.10 Å². The smallest absolute Gasteiger partial charge is 0.0774 e. The number of aromatic nitrogens is 2. The van der Waals surface area contributed by atoms with Crippen molar-refractivity contribution < 1.29 is 0 Å². The summed E-state index contributed by atoms with van der Waals surface area (Å²) in [5, 5.41) is 5.16. The van der Waals surface area contributed by atoms with Crippen LogP contribution in [-0.4, -0.2) is 15.1 Å². The van der Waals surface area contributed by atoms with Crippen molar-refractivity contribution in [1.82, 2.24) is 9.78 Å². The summed E-state index contributed by atoms with van der Waals surface area (Å²) in [4.78, 5) is 0. The van der Waals surface area contributed by atoms with E-state index in [1.807, 2.05) is 17.9 Å². The molecule has 2 nitrogen and oxygen atoms in total. The maximum Gasteiger partial charge on any atom is 0.0774 e. The summed E-state index contributed by atoms with van der Waals surface area (Å²) in [7, 11) is 1.95. The van der Waals surface area contributed by atoms with Crippen molar-refractivity contribution in [3.63, 3.8) is 0 Å². The Labute approximate surface area is 95.3 Å². The van der Waals surface area contributed by atoms with E-state index in [1.54, 1.807) is 0 Å². The molecule has 0 aliphatic heterocycles. The van der Waals surface area contributed by atoms with E-state index in [1.165, 1.54) is 5.57 Å². The molecule has 0 bridgehead atoms. The van der Waals surface area contributed by atoms with Gasteiger partial charge >= 0.3 is 0 Å². The van der Waals surface area contributed by atoms with Gasteiger partial charge in [-0.15, -0.1) is 0 Å². The van der Waals surface area contributed by atoms with Gasteiger partial charge in [-0.3, -0.25) is 4.68 Å². The Balaban J connectivity index is 2.93. The molecular formula is C9H12Br2N2. The Bertz CT molecular complexity index is 296. The van der Waals surface area contributed by atoms with Crippen LogP contribution in [0.3, 0.4) is 0 Å². The van der Waals surface area contributed by atoms with Crippen LogP contribution in [0.2, 0.25) is 0 Å². The van der Waals surface area contributed by atoms with Crippen LogP contribution in [0.5, 0.6) is 0 Å². The van der Waals surface area contributed by atoms with Crippen LogP contribution in [0.25, 0.3) is 5.57 Å². The van der Waals surface area contributed by atoms with Crippen LogP contribution in [0.1, 0.15) is 19.0 Å². The first-order chi connectivity index (χ1) is 6.16. The first-order valence-electron chi connectivity index (χ1n) is 4.07. The second-order valence-corrected chi connectivity index (χ2v) is 4.48. The second-order valence-electron chi connectivity index (χ2n) is 2.83. The summed E-state index contributed by atoms with van der Waals surface area (Å²) in [6.07, 6.45) is 5.07. The molecule has 4 heteroatoms. The van der Waals surface area contributed by atoms with E-state index >= 15 is 0 Å². The van der Waals surface area contributed by atoms with E-state index in [9.17, 15) is 0 Å². The number of hydrogen-bond acceptors (Lipinski definition) is 1. The van der Waals surface area contributed by atoms with Crippen molar-refractivity contribution >= 4 is 37.4 Å². The van der Waals surface area contributed by atoms with Gasteiger partial charge < -0.3 is 0 Å². The molecule has 0 spiro atoms. The van der Waals surface area contributed by atoms with Crippen LogP contribution in [-0.2, 0) is 7.05 Å². The van der Waals surface area contributed by atoms with E-state index < -0.39 is 0 Å². The van der Waals surface area contributed by atoms with Crippen LogP contribution in [0.4, 0.5) is 0 Å². The van der Waals surface area contributed by atoms with Gasteiger partial charge in [0, 0.05) is 12.4 Å².